The van der Waals surface area contributed by atoms with Crippen LogP contribution in [-0.4, -0.2) is 63.0 Å². The smallest absolute Gasteiger partial charge is 0.254 e. The molecular weight excluding hydrogens is 378 g/mol. The van der Waals surface area contributed by atoms with Crippen molar-refractivity contribution < 1.29 is 14.3 Å². The van der Waals surface area contributed by atoms with E-state index in [9.17, 15) is 4.79 Å². The van der Waals surface area contributed by atoms with Crippen LogP contribution < -0.4 is 9.47 Å². The summed E-state index contributed by atoms with van der Waals surface area (Å²) in [7, 11) is 0. The van der Waals surface area contributed by atoms with Crippen LogP contribution in [0.2, 0.25) is 0 Å². The fourth-order valence-corrected chi connectivity index (χ4v) is 3.78. The van der Waals surface area contributed by atoms with E-state index in [2.05, 4.69) is 16.6 Å². The molecule has 8 nitrogen and oxygen atoms in total. The van der Waals surface area contributed by atoms with E-state index < -0.39 is 0 Å². The van der Waals surface area contributed by atoms with Gasteiger partial charge >= 0.3 is 0 Å². The minimum Gasteiger partial charge on any atom is -0.454 e. The number of hydrogen-bond donors (Lipinski definition) is 0. The van der Waals surface area contributed by atoms with Crippen LogP contribution in [0.3, 0.4) is 0 Å². The molecular formula is C19H23N5O3S. The third-order valence-corrected chi connectivity index (χ3v) is 5.46. The highest BCUT2D eigenvalue weighted by molar-refractivity contribution is 7.71. The monoisotopic (exact) mass is 401 g/mol. The first-order valence-corrected chi connectivity index (χ1v) is 9.64. The first-order valence-electron chi connectivity index (χ1n) is 9.23. The second-order valence-corrected chi connectivity index (χ2v) is 7.21. The summed E-state index contributed by atoms with van der Waals surface area (Å²) in [5.74, 6) is 2.20. The predicted octanol–water partition coefficient (Wildman–Crippen LogP) is 2.05. The number of aryl methyl sites for hydroxylation is 1. The molecule has 3 heterocycles. The number of hydrogen-bond acceptors (Lipinski definition) is 6. The fourth-order valence-electron chi connectivity index (χ4n) is 3.47. The summed E-state index contributed by atoms with van der Waals surface area (Å²) < 4.78 is 15.2. The fraction of sp³-hybridized carbons (Fsp3) is 0.421. The lowest BCUT2D eigenvalue weighted by Gasteiger charge is -2.34. The van der Waals surface area contributed by atoms with Crippen molar-refractivity contribution in [3.05, 3.63) is 47.0 Å². The lowest BCUT2D eigenvalue weighted by Crippen LogP contribution is -2.49. The predicted molar refractivity (Wildman–Crippen MR) is 106 cm³/mol. The van der Waals surface area contributed by atoms with Crippen molar-refractivity contribution in [3.63, 3.8) is 0 Å². The first kappa shape index (κ1) is 18.7. The molecule has 0 saturated carbocycles. The van der Waals surface area contributed by atoms with E-state index in [1.54, 1.807) is 18.2 Å². The lowest BCUT2D eigenvalue weighted by atomic mass is 10.1. The van der Waals surface area contributed by atoms with Gasteiger partial charge in [-0.05, 0) is 37.3 Å². The van der Waals surface area contributed by atoms with E-state index >= 15 is 0 Å². The van der Waals surface area contributed by atoms with Crippen LogP contribution >= 0.6 is 12.2 Å². The number of carbonyl (C=O) groups is 1. The highest BCUT2D eigenvalue weighted by Crippen LogP contribution is 2.32. The molecule has 1 aromatic carbocycles. The number of amides is 1. The molecule has 1 saturated heterocycles. The zero-order valence-electron chi connectivity index (χ0n) is 15.8. The van der Waals surface area contributed by atoms with Gasteiger partial charge in [0, 0.05) is 38.3 Å². The Bertz CT molecular complexity index is 959. The van der Waals surface area contributed by atoms with Gasteiger partial charge in [-0.2, -0.15) is 5.10 Å². The van der Waals surface area contributed by atoms with Crippen molar-refractivity contribution in [2.75, 3.05) is 33.0 Å². The number of carbonyl (C=O) groups excluding carboxylic acids is 1. The Hall–Kier alpha value is -2.65. The Kier molecular flexibility index (Phi) is 5.19. The zero-order valence-corrected chi connectivity index (χ0v) is 16.7. The normalized spacial score (nSPS) is 16.4. The summed E-state index contributed by atoms with van der Waals surface area (Å²) in [5.41, 5.74) is 0.624. The van der Waals surface area contributed by atoms with Gasteiger partial charge in [0.15, 0.2) is 16.3 Å². The van der Waals surface area contributed by atoms with E-state index in [1.807, 2.05) is 27.1 Å². The molecule has 0 atom stereocenters. The third kappa shape index (κ3) is 3.55. The number of allylic oxidation sites excluding steroid dienone is 1. The van der Waals surface area contributed by atoms with Crippen LogP contribution in [0.15, 0.2) is 30.9 Å². The molecule has 0 radical (unpaired) electrons. The van der Waals surface area contributed by atoms with Crippen molar-refractivity contribution in [1.82, 2.24) is 24.1 Å². The van der Waals surface area contributed by atoms with Gasteiger partial charge in [-0.15, -0.1) is 6.58 Å². The van der Waals surface area contributed by atoms with Gasteiger partial charge in [0.05, 0.1) is 6.67 Å². The first-order chi connectivity index (χ1) is 13.6. The molecule has 2 aromatic rings. The topological polar surface area (TPSA) is 64.8 Å². The molecule has 0 spiro atoms. The number of benzene rings is 1. The van der Waals surface area contributed by atoms with Gasteiger partial charge in [0.25, 0.3) is 5.91 Å². The number of rotatable bonds is 5. The average Bonchev–Trinajstić information content (AvgIpc) is 3.28. The average molecular weight is 401 g/mol. The Labute approximate surface area is 168 Å². The molecule has 1 amide bonds. The van der Waals surface area contributed by atoms with E-state index in [0.717, 1.165) is 18.9 Å². The molecule has 2 aliphatic rings. The summed E-state index contributed by atoms with van der Waals surface area (Å²) in [5, 5.41) is 4.54. The van der Waals surface area contributed by atoms with Crippen LogP contribution in [0.1, 0.15) is 16.2 Å². The summed E-state index contributed by atoms with van der Waals surface area (Å²) in [6.45, 7) is 10.0. The Morgan fingerprint density at radius 2 is 2.00 bits per heavy atom. The second-order valence-electron chi connectivity index (χ2n) is 6.85. The maximum Gasteiger partial charge on any atom is 0.254 e. The largest absolute Gasteiger partial charge is 0.454 e. The standard InChI is InChI=1S/C19H23N5O3S/c1-3-6-23-14(2)20-24(19(23)28)12-21-7-9-22(10-8-21)18(25)15-4-5-16-17(11-15)27-13-26-16/h3-5,11H,1,6-10,12-13H2,2H3. The molecule has 0 aliphatic carbocycles. The maximum absolute atomic E-state index is 12.8. The highest BCUT2D eigenvalue weighted by Gasteiger charge is 2.24. The van der Waals surface area contributed by atoms with E-state index in [0.29, 0.717) is 48.1 Å². The van der Waals surface area contributed by atoms with E-state index in [-0.39, 0.29) is 12.7 Å². The molecule has 1 aromatic heterocycles. The molecule has 0 N–H and O–H groups in total. The van der Waals surface area contributed by atoms with Crippen LogP contribution in [-0.2, 0) is 13.2 Å². The van der Waals surface area contributed by atoms with Crippen molar-refractivity contribution in [1.29, 1.82) is 0 Å². The van der Waals surface area contributed by atoms with Gasteiger partial charge < -0.3 is 18.9 Å². The molecule has 1 fully saturated rings. The number of piperazine rings is 1. The zero-order chi connectivity index (χ0) is 19.7. The number of aromatic nitrogens is 3. The van der Waals surface area contributed by atoms with Crippen LogP contribution in [0.25, 0.3) is 0 Å². The summed E-state index contributed by atoms with van der Waals surface area (Å²) in [6.07, 6.45) is 1.81. The Morgan fingerprint density at radius 1 is 1.25 bits per heavy atom. The molecule has 9 heteroatoms. The van der Waals surface area contributed by atoms with Gasteiger partial charge in [-0.25, -0.2) is 4.68 Å². The molecule has 28 heavy (non-hydrogen) atoms. The summed E-state index contributed by atoms with van der Waals surface area (Å²) in [4.78, 5) is 16.9. The van der Waals surface area contributed by atoms with Crippen LogP contribution in [0.4, 0.5) is 0 Å². The maximum atomic E-state index is 12.8. The molecule has 4 rings (SSSR count). The van der Waals surface area contributed by atoms with Crippen molar-refractivity contribution in [2.24, 2.45) is 0 Å². The van der Waals surface area contributed by atoms with E-state index in [1.165, 1.54) is 0 Å². The molecule has 0 bridgehead atoms. The van der Waals surface area contributed by atoms with Crippen LogP contribution in [0, 0.1) is 11.7 Å². The van der Waals surface area contributed by atoms with E-state index in [4.69, 9.17) is 21.7 Å². The van der Waals surface area contributed by atoms with Crippen molar-refractivity contribution >= 4 is 18.1 Å². The van der Waals surface area contributed by atoms with Gasteiger partial charge in [0.1, 0.15) is 5.82 Å². The number of nitrogens with zero attached hydrogens (tertiary/aromatic N) is 5. The van der Waals surface area contributed by atoms with Gasteiger partial charge in [0.2, 0.25) is 6.79 Å². The van der Waals surface area contributed by atoms with Gasteiger partial charge in [-0.1, -0.05) is 6.08 Å². The molecule has 148 valence electrons. The summed E-state index contributed by atoms with van der Waals surface area (Å²) >= 11 is 5.52. The number of ether oxygens (including phenoxy) is 2. The minimum atomic E-state index is 0.0145. The second kappa shape index (κ2) is 7.76. The van der Waals surface area contributed by atoms with Crippen molar-refractivity contribution in [2.45, 2.75) is 20.1 Å². The SMILES string of the molecule is C=CCn1c(C)nn(CN2CCN(C(=O)c3ccc4c(c3)OCO4)CC2)c1=S. The Morgan fingerprint density at radius 3 is 2.75 bits per heavy atom. The minimum absolute atomic E-state index is 0.0145. The Balaban J connectivity index is 1.37. The molecule has 0 unspecified atom stereocenters. The molecule has 2 aliphatic heterocycles. The van der Waals surface area contributed by atoms with Crippen LogP contribution in [0.5, 0.6) is 11.5 Å². The summed E-state index contributed by atoms with van der Waals surface area (Å²) in [6, 6.07) is 5.33. The quantitative estimate of drug-likeness (QED) is 0.564. The third-order valence-electron chi connectivity index (χ3n) is 5.03. The lowest BCUT2D eigenvalue weighted by molar-refractivity contribution is 0.0584. The number of fused-ring (bicyclic) bond motifs is 1. The van der Waals surface area contributed by atoms with Gasteiger partial charge in [-0.3, -0.25) is 9.69 Å². The highest BCUT2D eigenvalue weighted by atomic mass is 32.1. The van der Waals surface area contributed by atoms with Crippen molar-refractivity contribution in [3.8, 4) is 11.5 Å².